The average molecular weight is 289 g/mol. The Morgan fingerprint density at radius 2 is 1.90 bits per heavy atom. The Hall–Kier alpha value is -2.18. The van der Waals surface area contributed by atoms with E-state index in [2.05, 4.69) is 10.6 Å². The highest BCUT2D eigenvalue weighted by molar-refractivity contribution is 7.10. The van der Waals surface area contributed by atoms with Crippen LogP contribution in [0.1, 0.15) is 21.3 Å². The van der Waals surface area contributed by atoms with Gasteiger partial charge in [0.1, 0.15) is 6.04 Å². The van der Waals surface area contributed by atoms with Crippen LogP contribution in [-0.2, 0) is 4.79 Å². The zero-order chi connectivity index (χ0) is 14.5. The van der Waals surface area contributed by atoms with Crippen molar-refractivity contribution in [3.63, 3.8) is 0 Å². The number of carbonyl (C=O) groups is 2. The minimum absolute atomic E-state index is 0.168. The van der Waals surface area contributed by atoms with Gasteiger partial charge in [-0.15, -0.1) is 11.3 Å². The molecule has 1 unspecified atom stereocenters. The first-order valence-corrected chi connectivity index (χ1v) is 6.92. The van der Waals surface area contributed by atoms with Gasteiger partial charge in [-0.1, -0.05) is 6.07 Å². The molecule has 1 heterocycles. The van der Waals surface area contributed by atoms with Gasteiger partial charge in [0.25, 0.3) is 5.91 Å². The monoisotopic (exact) mass is 289 g/mol. The van der Waals surface area contributed by atoms with Gasteiger partial charge in [-0.3, -0.25) is 9.59 Å². The summed E-state index contributed by atoms with van der Waals surface area (Å²) in [5.74, 6) is -0.446. The standard InChI is InChI=1S/C14H15N3O2S/c1-16-13(18)9-4-6-10(7-5-9)17-14(19)12(15)11-3-2-8-20-11/h2-8,12H,15H2,1H3,(H,16,18)(H,17,19). The first-order chi connectivity index (χ1) is 9.61. The van der Waals surface area contributed by atoms with Crippen molar-refractivity contribution in [3.05, 3.63) is 52.2 Å². The zero-order valence-electron chi connectivity index (χ0n) is 10.9. The SMILES string of the molecule is CNC(=O)c1ccc(NC(=O)C(N)c2cccs2)cc1. The summed E-state index contributed by atoms with van der Waals surface area (Å²) in [4.78, 5) is 24.2. The van der Waals surface area contributed by atoms with Crippen LogP contribution in [0.15, 0.2) is 41.8 Å². The first kappa shape index (κ1) is 14.2. The van der Waals surface area contributed by atoms with Crippen molar-refractivity contribution in [2.45, 2.75) is 6.04 Å². The van der Waals surface area contributed by atoms with Crippen LogP contribution < -0.4 is 16.4 Å². The molecule has 1 aromatic heterocycles. The third kappa shape index (κ3) is 3.23. The van der Waals surface area contributed by atoms with Crippen molar-refractivity contribution >= 4 is 28.8 Å². The highest BCUT2D eigenvalue weighted by Crippen LogP contribution is 2.19. The van der Waals surface area contributed by atoms with Gasteiger partial charge in [0.15, 0.2) is 0 Å². The van der Waals surface area contributed by atoms with Gasteiger partial charge >= 0.3 is 0 Å². The maximum atomic E-state index is 12.0. The number of hydrogen-bond donors (Lipinski definition) is 3. The molecule has 0 bridgehead atoms. The van der Waals surface area contributed by atoms with Crippen LogP contribution in [0.5, 0.6) is 0 Å². The molecule has 5 nitrogen and oxygen atoms in total. The number of nitrogens with one attached hydrogen (secondary N) is 2. The Labute approximate surface area is 120 Å². The number of hydrogen-bond acceptors (Lipinski definition) is 4. The molecular formula is C14H15N3O2S. The van der Waals surface area contributed by atoms with Crippen molar-refractivity contribution in [2.75, 3.05) is 12.4 Å². The number of benzene rings is 1. The summed E-state index contributed by atoms with van der Waals surface area (Å²) in [6, 6.07) is 9.62. The predicted molar refractivity (Wildman–Crippen MR) is 79.7 cm³/mol. The molecule has 1 atom stereocenters. The van der Waals surface area contributed by atoms with Crippen LogP contribution in [-0.4, -0.2) is 18.9 Å². The van der Waals surface area contributed by atoms with Crippen molar-refractivity contribution in [3.8, 4) is 0 Å². The van der Waals surface area contributed by atoms with Crippen molar-refractivity contribution in [1.29, 1.82) is 0 Å². The fraction of sp³-hybridized carbons (Fsp3) is 0.143. The summed E-state index contributed by atoms with van der Waals surface area (Å²) in [6.45, 7) is 0. The van der Waals surface area contributed by atoms with E-state index in [0.29, 0.717) is 11.3 Å². The molecule has 4 N–H and O–H groups in total. The van der Waals surface area contributed by atoms with E-state index < -0.39 is 6.04 Å². The molecule has 6 heteroatoms. The molecule has 0 saturated carbocycles. The lowest BCUT2D eigenvalue weighted by Crippen LogP contribution is -2.27. The largest absolute Gasteiger partial charge is 0.355 e. The van der Waals surface area contributed by atoms with Crippen LogP contribution in [0.3, 0.4) is 0 Å². The number of nitrogens with two attached hydrogens (primary N) is 1. The van der Waals surface area contributed by atoms with Crippen molar-refractivity contribution in [1.82, 2.24) is 5.32 Å². The van der Waals surface area contributed by atoms with Gasteiger partial charge in [-0.05, 0) is 35.7 Å². The summed E-state index contributed by atoms with van der Waals surface area (Å²) >= 11 is 1.44. The van der Waals surface area contributed by atoms with E-state index in [1.54, 1.807) is 31.3 Å². The van der Waals surface area contributed by atoms with Crippen molar-refractivity contribution < 1.29 is 9.59 Å². The minimum atomic E-state index is -0.686. The van der Waals surface area contributed by atoms with Crippen LogP contribution >= 0.6 is 11.3 Å². The molecule has 20 heavy (non-hydrogen) atoms. The molecule has 0 saturated heterocycles. The Balaban J connectivity index is 2.03. The normalized spacial score (nSPS) is 11.7. The van der Waals surface area contributed by atoms with Gasteiger partial charge in [0, 0.05) is 23.2 Å². The lowest BCUT2D eigenvalue weighted by molar-refractivity contribution is -0.117. The highest BCUT2D eigenvalue weighted by atomic mass is 32.1. The fourth-order valence-electron chi connectivity index (χ4n) is 1.67. The minimum Gasteiger partial charge on any atom is -0.355 e. The van der Waals surface area contributed by atoms with E-state index in [0.717, 1.165) is 4.88 Å². The lowest BCUT2D eigenvalue weighted by Gasteiger charge is -2.11. The van der Waals surface area contributed by atoms with Crippen LogP contribution in [0.2, 0.25) is 0 Å². The van der Waals surface area contributed by atoms with Gasteiger partial charge in [-0.2, -0.15) is 0 Å². The smallest absolute Gasteiger partial charge is 0.251 e. The second-order valence-corrected chi connectivity index (χ2v) is 5.12. The molecule has 1 aromatic carbocycles. The van der Waals surface area contributed by atoms with E-state index in [4.69, 9.17) is 5.73 Å². The van der Waals surface area contributed by atoms with Crippen LogP contribution in [0, 0.1) is 0 Å². The number of amides is 2. The molecular weight excluding hydrogens is 274 g/mol. The van der Waals surface area contributed by atoms with E-state index in [9.17, 15) is 9.59 Å². The summed E-state index contributed by atoms with van der Waals surface area (Å²) in [6.07, 6.45) is 0. The molecule has 0 aliphatic rings. The summed E-state index contributed by atoms with van der Waals surface area (Å²) in [7, 11) is 1.57. The van der Waals surface area contributed by atoms with Gasteiger partial charge in [0.2, 0.25) is 5.91 Å². The molecule has 0 spiro atoms. The maximum absolute atomic E-state index is 12.0. The quantitative estimate of drug-likeness (QED) is 0.801. The number of carbonyl (C=O) groups excluding carboxylic acids is 2. The number of thiophene rings is 1. The topological polar surface area (TPSA) is 84.2 Å². The lowest BCUT2D eigenvalue weighted by atomic mass is 10.2. The van der Waals surface area contributed by atoms with Crippen molar-refractivity contribution in [2.24, 2.45) is 5.73 Å². The van der Waals surface area contributed by atoms with E-state index >= 15 is 0 Å². The van der Waals surface area contributed by atoms with E-state index in [1.807, 2.05) is 17.5 Å². The zero-order valence-corrected chi connectivity index (χ0v) is 11.7. The molecule has 0 aliphatic carbocycles. The second-order valence-electron chi connectivity index (χ2n) is 4.14. The fourth-order valence-corrected chi connectivity index (χ4v) is 2.39. The van der Waals surface area contributed by atoms with Gasteiger partial charge < -0.3 is 16.4 Å². The Bertz CT molecular complexity index is 593. The van der Waals surface area contributed by atoms with Gasteiger partial charge in [-0.25, -0.2) is 0 Å². The Kier molecular flexibility index (Phi) is 4.49. The molecule has 0 aliphatic heterocycles. The third-order valence-electron chi connectivity index (χ3n) is 2.77. The predicted octanol–water partition coefficient (Wildman–Crippen LogP) is 1.75. The summed E-state index contributed by atoms with van der Waals surface area (Å²) < 4.78 is 0. The first-order valence-electron chi connectivity index (χ1n) is 6.04. The Morgan fingerprint density at radius 3 is 2.45 bits per heavy atom. The van der Waals surface area contributed by atoms with Gasteiger partial charge in [0.05, 0.1) is 0 Å². The maximum Gasteiger partial charge on any atom is 0.251 e. The number of rotatable bonds is 4. The number of anilines is 1. The molecule has 2 amide bonds. The molecule has 2 rings (SSSR count). The third-order valence-corrected chi connectivity index (χ3v) is 3.73. The molecule has 2 aromatic rings. The highest BCUT2D eigenvalue weighted by Gasteiger charge is 2.16. The summed E-state index contributed by atoms with van der Waals surface area (Å²) in [5, 5.41) is 7.13. The second kappa shape index (κ2) is 6.31. The van der Waals surface area contributed by atoms with Crippen LogP contribution in [0.25, 0.3) is 0 Å². The summed E-state index contributed by atoms with van der Waals surface area (Å²) in [5.41, 5.74) is 7.01. The van der Waals surface area contributed by atoms with E-state index in [-0.39, 0.29) is 11.8 Å². The molecule has 0 fully saturated rings. The average Bonchev–Trinajstić information content (AvgIpc) is 3.00. The molecule has 0 radical (unpaired) electrons. The Morgan fingerprint density at radius 1 is 1.20 bits per heavy atom. The van der Waals surface area contributed by atoms with E-state index in [1.165, 1.54) is 11.3 Å². The molecule has 104 valence electrons. The van der Waals surface area contributed by atoms with Crippen LogP contribution in [0.4, 0.5) is 5.69 Å².